The Morgan fingerprint density at radius 3 is 2.53 bits per heavy atom. The van der Waals surface area contributed by atoms with Crippen LogP contribution in [0.4, 0.5) is 0 Å². The third-order valence-electron chi connectivity index (χ3n) is 2.74. The predicted octanol–water partition coefficient (Wildman–Crippen LogP) is 4.18. The van der Waals surface area contributed by atoms with E-state index in [9.17, 15) is 4.79 Å². The fourth-order valence-corrected chi connectivity index (χ4v) is 2.73. The smallest absolute Gasteiger partial charge is 0.252 e. The summed E-state index contributed by atoms with van der Waals surface area (Å²) in [5, 5.41) is 3.61. The highest BCUT2D eigenvalue weighted by atomic mass is 127. The van der Waals surface area contributed by atoms with E-state index in [4.69, 9.17) is 11.6 Å². The molecule has 19 heavy (non-hydrogen) atoms. The Morgan fingerprint density at radius 1 is 1.21 bits per heavy atom. The van der Waals surface area contributed by atoms with E-state index in [-0.39, 0.29) is 5.91 Å². The van der Waals surface area contributed by atoms with Gasteiger partial charge >= 0.3 is 0 Å². The number of hydrogen-bond acceptors (Lipinski definition) is 1. The summed E-state index contributed by atoms with van der Waals surface area (Å²) in [5.41, 5.74) is 2.89. The molecule has 0 bridgehead atoms. The minimum atomic E-state index is -0.0562. The van der Waals surface area contributed by atoms with Gasteiger partial charge < -0.3 is 5.32 Å². The zero-order valence-corrected chi connectivity index (χ0v) is 13.3. The minimum Gasteiger partial charge on any atom is -0.348 e. The topological polar surface area (TPSA) is 29.1 Å². The van der Waals surface area contributed by atoms with Gasteiger partial charge in [0.15, 0.2) is 0 Å². The molecule has 1 N–H and O–H groups in total. The number of halogens is 2. The summed E-state index contributed by atoms with van der Waals surface area (Å²) in [7, 11) is 0. The minimum absolute atomic E-state index is 0.0562. The largest absolute Gasteiger partial charge is 0.348 e. The number of nitrogens with one attached hydrogen (secondary N) is 1. The first kappa shape index (κ1) is 14.3. The van der Waals surface area contributed by atoms with E-state index < -0.39 is 0 Å². The number of carbonyl (C=O) groups excluding carboxylic acids is 1. The van der Waals surface area contributed by atoms with Crippen molar-refractivity contribution in [1.82, 2.24) is 5.32 Å². The van der Waals surface area contributed by atoms with E-state index in [2.05, 4.69) is 27.9 Å². The van der Waals surface area contributed by atoms with Gasteiger partial charge in [-0.15, -0.1) is 0 Å². The molecule has 2 aromatic rings. The normalized spacial score (nSPS) is 10.3. The van der Waals surface area contributed by atoms with Gasteiger partial charge in [-0.25, -0.2) is 0 Å². The Balaban J connectivity index is 2.03. The third kappa shape index (κ3) is 3.94. The van der Waals surface area contributed by atoms with Crippen LogP contribution in [0.1, 0.15) is 21.5 Å². The maximum absolute atomic E-state index is 12.1. The lowest BCUT2D eigenvalue weighted by Gasteiger charge is -2.08. The van der Waals surface area contributed by atoms with E-state index in [1.54, 1.807) is 0 Å². The second-order valence-electron chi connectivity index (χ2n) is 4.29. The third-order valence-corrected chi connectivity index (χ3v) is 3.88. The molecule has 0 saturated carbocycles. The highest BCUT2D eigenvalue weighted by molar-refractivity contribution is 14.1. The van der Waals surface area contributed by atoms with Crippen molar-refractivity contribution >= 4 is 40.1 Å². The van der Waals surface area contributed by atoms with Crippen LogP contribution < -0.4 is 5.32 Å². The molecule has 4 heteroatoms. The summed E-state index contributed by atoms with van der Waals surface area (Å²) in [4.78, 5) is 12.1. The standard InChI is InChI=1S/C15H13ClINO/c1-10-2-7-13(14(17)8-10)15(19)18-9-11-3-5-12(16)6-4-11/h2-8H,9H2,1H3,(H,18,19). The molecule has 0 aliphatic rings. The van der Waals surface area contributed by atoms with E-state index in [1.165, 1.54) is 0 Å². The van der Waals surface area contributed by atoms with E-state index >= 15 is 0 Å². The first-order chi connectivity index (χ1) is 9.06. The number of carbonyl (C=O) groups is 1. The van der Waals surface area contributed by atoms with Crippen LogP contribution in [0.2, 0.25) is 5.02 Å². The van der Waals surface area contributed by atoms with Crippen LogP contribution in [0.3, 0.4) is 0 Å². The van der Waals surface area contributed by atoms with Gasteiger partial charge in [-0.05, 0) is 59.3 Å². The Labute approximate surface area is 131 Å². The van der Waals surface area contributed by atoms with Gasteiger partial charge in [-0.1, -0.05) is 35.4 Å². The van der Waals surface area contributed by atoms with Gasteiger partial charge in [0, 0.05) is 15.1 Å². The van der Waals surface area contributed by atoms with Crippen LogP contribution in [0, 0.1) is 10.5 Å². The summed E-state index contributed by atoms with van der Waals surface area (Å²) < 4.78 is 0.964. The SMILES string of the molecule is Cc1ccc(C(=O)NCc2ccc(Cl)cc2)c(I)c1. The summed E-state index contributed by atoms with van der Waals surface area (Å²) in [6.45, 7) is 2.51. The van der Waals surface area contributed by atoms with Gasteiger partial charge in [0.05, 0.1) is 5.56 Å². The van der Waals surface area contributed by atoms with Crippen molar-refractivity contribution < 1.29 is 4.79 Å². The van der Waals surface area contributed by atoms with Crippen molar-refractivity contribution in [3.63, 3.8) is 0 Å². The number of rotatable bonds is 3. The van der Waals surface area contributed by atoms with Crippen LogP contribution in [0.15, 0.2) is 42.5 Å². The van der Waals surface area contributed by atoms with Crippen molar-refractivity contribution in [2.45, 2.75) is 13.5 Å². The molecule has 0 heterocycles. The molecule has 0 aromatic heterocycles. The average molecular weight is 386 g/mol. The lowest BCUT2D eigenvalue weighted by atomic mass is 10.1. The molecule has 0 radical (unpaired) electrons. The van der Waals surface area contributed by atoms with Gasteiger partial charge in [0.25, 0.3) is 5.91 Å². The van der Waals surface area contributed by atoms with Crippen LogP contribution in [0.5, 0.6) is 0 Å². The number of amides is 1. The van der Waals surface area contributed by atoms with Crippen LogP contribution in [-0.4, -0.2) is 5.91 Å². The highest BCUT2D eigenvalue weighted by Gasteiger charge is 2.09. The molecule has 0 fully saturated rings. The summed E-state index contributed by atoms with van der Waals surface area (Å²) >= 11 is 8.00. The molecule has 0 aliphatic carbocycles. The van der Waals surface area contributed by atoms with Crippen LogP contribution in [-0.2, 0) is 6.54 Å². The zero-order valence-electron chi connectivity index (χ0n) is 10.4. The molecular weight excluding hydrogens is 373 g/mol. The summed E-state index contributed by atoms with van der Waals surface area (Å²) in [6, 6.07) is 13.2. The van der Waals surface area contributed by atoms with Crippen LogP contribution >= 0.6 is 34.2 Å². The number of hydrogen-bond donors (Lipinski definition) is 1. The van der Waals surface area contributed by atoms with Crippen LogP contribution in [0.25, 0.3) is 0 Å². The van der Waals surface area contributed by atoms with Gasteiger partial charge in [-0.3, -0.25) is 4.79 Å². The quantitative estimate of drug-likeness (QED) is 0.789. The lowest BCUT2D eigenvalue weighted by molar-refractivity contribution is 0.0950. The Hall–Kier alpha value is -1.07. The fourth-order valence-electron chi connectivity index (χ4n) is 1.68. The molecule has 1 amide bonds. The molecule has 2 nitrogen and oxygen atoms in total. The monoisotopic (exact) mass is 385 g/mol. The molecular formula is C15H13ClINO. The second kappa shape index (κ2) is 6.39. The number of aryl methyl sites for hydroxylation is 1. The highest BCUT2D eigenvalue weighted by Crippen LogP contribution is 2.14. The first-order valence-corrected chi connectivity index (χ1v) is 7.31. The molecule has 2 aromatic carbocycles. The van der Waals surface area contributed by atoms with E-state index in [1.807, 2.05) is 49.4 Å². The molecule has 0 atom stereocenters. The zero-order chi connectivity index (χ0) is 13.8. The maximum atomic E-state index is 12.1. The van der Waals surface area contributed by atoms with Crippen molar-refractivity contribution in [3.8, 4) is 0 Å². The Bertz CT molecular complexity index is 596. The maximum Gasteiger partial charge on any atom is 0.252 e. The first-order valence-electron chi connectivity index (χ1n) is 5.85. The molecule has 98 valence electrons. The number of benzene rings is 2. The molecule has 0 spiro atoms. The Morgan fingerprint density at radius 2 is 1.89 bits per heavy atom. The van der Waals surface area contributed by atoms with Crippen molar-refractivity contribution in [2.75, 3.05) is 0 Å². The van der Waals surface area contributed by atoms with Crippen molar-refractivity contribution in [3.05, 3.63) is 67.7 Å². The van der Waals surface area contributed by atoms with Crippen molar-refractivity contribution in [1.29, 1.82) is 0 Å². The lowest BCUT2D eigenvalue weighted by Crippen LogP contribution is -2.23. The van der Waals surface area contributed by atoms with E-state index in [0.717, 1.165) is 14.7 Å². The van der Waals surface area contributed by atoms with Gasteiger partial charge in [0.1, 0.15) is 0 Å². The predicted molar refractivity (Wildman–Crippen MR) is 86.5 cm³/mol. The molecule has 0 aliphatic heterocycles. The second-order valence-corrected chi connectivity index (χ2v) is 5.89. The van der Waals surface area contributed by atoms with E-state index in [0.29, 0.717) is 17.1 Å². The van der Waals surface area contributed by atoms with Gasteiger partial charge in [-0.2, -0.15) is 0 Å². The molecule has 2 rings (SSSR count). The average Bonchev–Trinajstić information content (AvgIpc) is 2.37. The molecule has 0 saturated heterocycles. The molecule has 0 unspecified atom stereocenters. The van der Waals surface area contributed by atoms with Crippen molar-refractivity contribution in [2.24, 2.45) is 0 Å². The fraction of sp³-hybridized carbons (Fsp3) is 0.133. The summed E-state index contributed by atoms with van der Waals surface area (Å²) in [6.07, 6.45) is 0. The Kier molecular flexibility index (Phi) is 4.82. The summed E-state index contributed by atoms with van der Waals surface area (Å²) in [5.74, 6) is -0.0562. The van der Waals surface area contributed by atoms with Gasteiger partial charge in [0.2, 0.25) is 0 Å².